The molecular weight excluding hydrogens is 362 g/mol. The number of anilines is 1. The number of hydrogen-bond acceptors (Lipinski definition) is 5. The van der Waals surface area contributed by atoms with E-state index in [1.807, 2.05) is 30.3 Å². The third kappa shape index (κ3) is 4.68. The molecule has 0 spiro atoms. The van der Waals surface area contributed by atoms with Gasteiger partial charge in [-0.05, 0) is 47.9 Å². The SMILES string of the molecule is O=C(Nc1nc(=O)n(CCOc2ccccc2)s1)c1ccc(Cl)cc1. The molecule has 6 nitrogen and oxygen atoms in total. The van der Waals surface area contributed by atoms with Crippen LogP contribution in [0.5, 0.6) is 5.75 Å². The zero-order valence-electron chi connectivity index (χ0n) is 13.0. The standard InChI is InChI=1S/C17H14ClN3O3S/c18-13-8-6-12(7-9-13)15(22)19-16-20-17(23)21(25-16)10-11-24-14-4-2-1-3-5-14/h1-9H,10-11H2,(H,19,20,22,23). The maximum atomic E-state index is 12.1. The first-order chi connectivity index (χ1) is 12.1. The Labute approximate surface area is 152 Å². The molecule has 1 aromatic heterocycles. The molecule has 3 rings (SSSR count). The summed E-state index contributed by atoms with van der Waals surface area (Å²) in [6.45, 7) is 0.679. The topological polar surface area (TPSA) is 73.2 Å². The van der Waals surface area contributed by atoms with Crippen LogP contribution >= 0.6 is 23.1 Å². The van der Waals surface area contributed by atoms with Crippen molar-refractivity contribution in [3.05, 3.63) is 75.7 Å². The number of para-hydroxylation sites is 1. The summed E-state index contributed by atoms with van der Waals surface area (Å²) >= 11 is 6.87. The van der Waals surface area contributed by atoms with Gasteiger partial charge in [0, 0.05) is 10.6 Å². The van der Waals surface area contributed by atoms with Gasteiger partial charge in [0.25, 0.3) is 5.91 Å². The first-order valence-corrected chi connectivity index (χ1v) is 8.60. The highest BCUT2D eigenvalue weighted by Gasteiger charge is 2.11. The lowest BCUT2D eigenvalue weighted by Crippen LogP contribution is -2.19. The molecule has 2 aromatic carbocycles. The van der Waals surface area contributed by atoms with Crippen LogP contribution in [0.25, 0.3) is 0 Å². The van der Waals surface area contributed by atoms with E-state index in [2.05, 4.69) is 10.3 Å². The molecule has 8 heteroatoms. The van der Waals surface area contributed by atoms with Crippen molar-refractivity contribution < 1.29 is 9.53 Å². The molecule has 1 N–H and O–H groups in total. The average molecular weight is 376 g/mol. The first kappa shape index (κ1) is 17.2. The van der Waals surface area contributed by atoms with E-state index in [0.29, 0.717) is 23.7 Å². The highest BCUT2D eigenvalue weighted by molar-refractivity contribution is 7.10. The van der Waals surface area contributed by atoms with Crippen LogP contribution in [0.1, 0.15) is 10.4 Å². The summed E-state index contributed by atoms with van der Waals surface area (Å²) in [5.74, 6) is 0.384. The summed E-state index contributed by atoms with van der Waals surface area (Å²) in [6, 6.07) is 15.8. The van der Waals surface area contributed by atoms with Gasteiger partial charge in [0.15, 0.2) is 0 Å². The van der Waals surface area contributed by atoms with Crippen molar-refractivity contribution >= 4 is 34.2 Å². The second-order valence-electron chi connectivity index (χ2n) is 5.02. The second kappa shape index (κ2) is 7.96. The fraction of sp³-hybridized carbons (Fsp3) is 0.118. The minimum Gasteiger partial charge on any atom is -0.492 e. The third-order valence-corrected chi connectivity index (χ3v) is 4.42. The summed E-state index contributed by atoms with van der Waals surface area (Å²) in [4.78, 5) is 27.8. The van der Waals surface area contributed by atoms with Crippen LogP contribution in [-0.4, -0.2) is 21.5 Å². The Balaban J connectivity index is 1.59. The lowest BCUT2D eigenvalue weighted by atomic mass is 10.2. The predicted octanol–water partition coefficient (Wildman–Crippen LogP) is 3.29. The number of amides is 1. The highest BCUT2D eigenvalue weighted by atomic mass is 35.5. The molecule has 0 radical (unpaired) electrons. The Morgan fingerprint density at radius 3 is 2.60 bits per heavy atom. The fourth-order valence-electron chi connectivity index (χ4n) is 2.03. The van der Waals surface area contributed by atoms with Crippen molar-refractivity contribution in [2.45, 2.75) is 6.54 Å². The minimum absolute atomic E-state index is 0.240. The summed E-state index contributed by atoms with van der Waals surface area (Å²) < 4.78 is 6.99. The van der Waals surface area contributed by atoms with Crippen LogP contribution in [0.3, 0.4) is 0 Å². The number of rotatable bonds is 6. The molecule has 0 aliphatic carbocycles. The maximum absolute atomic E-state index is 12.1. The molecule has 0 saturated heterocycles. The Bertz CT molecular complexity index is 907. The molecule has 0 saturated carbocycles. The van der Waals surface area contributed by atoms with E-state index < -0.39 is 5.69 Å². The zero-order chi connectivity index (χ0) is 17.6. The van der Waals surface area contributed by atoms with Gasteiger partial charge >= 0.3 is 5.69 Å². The average Bonchev–Trinajstić information content (AvgIpc) is 2.96. The van der Waals surface area contributed by atoms with Gasteiger partial charge in [0.1, 0.15) is 12.4 Å². The molecule has 0 unspecified atom stereocenters. The van der Waals surface area contributed by atoms with Gasteiger partial charge in [0.2, 0.25) is 5.13 Å². The van der Waals surface area contributed by atoms with Crippen LogP contribution in [0, 0.1) is 0 Å². The Kier molecular flexibility index (Phi) is 5.47. The zero-order valence-corrected chi connectivity index (χ0v) is 14.6. The largest absolute Gasteiger partial charge is 0.492 e. The van der Waals surface area contributed by atoms with Crippen molar-refractivity contribution in [3.8, 4) is 5.75 Å². The molecule has 0 fully saturated rings. The van der Waals surface area contributed by atoms with Gasteiger partial charge < -0.3 is 4.74 Å². The fourth-order valence-corrected chi connectivity index (χ4v) is 2.91. The number of aromatic nitrogens is 2. The first-order valence-electron chi connectivity index (χ1n) is 7.45. The molecule has 128 valence electrons. The van der Waals surface area contributed by atoms with Crippen LogP contribution in [0.4, 0.5) is 5.13 Å². The molecule has 0 atom stereocenters. The maximum Gasteiger partial charge on any atom is 0.359 e. The number of carbonyl (C=O) groups is 1. The molecular formula is C17H14ClN3O3S. The van der Waals surface area contributed by atoms with E-state index >= 15 is 0 Å². The molecule has 0 bridgehead atoms. The number of hydrogen-bond donors (Lipinski definition) is 1. The smallest absolute Gasteiger partial charge is 0.359 e. The summed E-state index contributed by atoms with van der Waals surface area (Å²) in [6.07, 6.45) is 0. The van der Waals surface area contributed by atoms with E-state index in [1.54, 1.807) is 24.3 Å². The van der Waals surface area contributed by atoms with E-state index in [0.717, 1.165) is 17.3 Å². The van der Waals surface area contributed by atoms with Gasteiger partial charge in [-0.15, -0.1) is 0 Å². The molecule has 25 heavy (non-hydrogen) atoms. The van der Waals surface area contributed by atoms with E-state index in [4.69, 9.17) is 16.3 Å². The molecule has 1 amide bonds. The Hall–Kier alpha value is -2.64. The monoisotopic (exact) mass is 375 g/mol. The van der Waals surface area contributed by atoms with Gasteiger partial charge in [-0.3, -0.25) is 10.1 Å². The lowest BCUT2D eigenvalue weighted by molar-refractivity contribution is 0.102. The van der Waals surface area contributed by atoms with Gasteiger partial charge in [-0.25, -0.2) is 8.75 Å². The number of nitrogens with one attached hydrogen (secondary N) is 1. The minimum atomic E-state index is -0.423. The number of benzene rings is 2. The normalized spacial score (nSPS) is 10.4. The molecule has 1 heterocycles. The second-order valence-corrected chi connectivity index (χ2v) is 6.46. The van der Waals surface area contributed by atoms with Gasteiger partial charge in [-0.1, -0.05) is 29.8 Å². The molecule has 0 aliphatic heterocycles. The van der Waals surface area contributed by atoms with E-state index in [9.17, 15) is 9.59 Å². The summed E-state index contributed by atoms with van der Waals surface area (Å²) in [5.41, 5.74) is 0.0130. The van der Waals surface area contributed by atoms with Crippen molar-refractivity contribution in [2.24, 2.45) is 0 Å². The lowest BCUT2D eigenvalue weighted by Gasteiger charge is -2.05. The van der Waals surface area contributed by atoms with Crippen LogP contribution in [-0.2, 0) is 6.54 Å². The third-order valence-electron chi connectivity index (χ3n) is 3.24. The predicted molar refractivity (Wildman–Crippen MR) is 97.7 cm³/mol. The highest BCUT2D eigenvalue weighted by Crippen LogP contribution is 2.14. The summed E-state index contributed by atoms with van der Waals surface area (Å²) in [5, 5.41) is 3.40. The van der Waals surface area contributed by atoms with Crippen molar-refractivity contribution in [2.75, 3.05) is 11.9 Å². The van der Waals surface area contributed by atoms with Crippen LogP contribution < -0.4 is 15.7 Å². The van der Waals surface area contributed by atoms with Gasteiger partial charge in [-0.2, -0.15) is 4.98 Å². The van der Waals surface area contributed by atoms with Crippen LogP contribution in [0.15, 0.2) is 59.4 Å². The Morgan fingerprint density at radius 1 is 1.16 bits per heavy atom. The van der Waals surface area contributed by atoms with E-state index in [-0.39, 0.29) is 11.0 Å². The van der Waals surface area contributed by atoms with Crippen molar-refractivity contribution in [1.82, 2.24) is 8.94 Å². The summed E-state index contributed by atoms with van der Waals surface area (Å²) in [7, 11) is 0. The van der Waals surface area contributed by atoms with Crippen molar-refractivity contribution in [3.63, 3.8) is 0 Å². The van der Waals surface area contributed by atoms with Crippen LogP contribution in [0.2, 0.25) is 5.02 Å². The number of halogens is 1. The Morgan fingerprint density at radius 2 is 1.88 bits per heavy atom. The van der Waals surface area contributed by atoms with E-state index in [1.165, 1.54) is 3.96 Å². The molecule has 3 aromatic rings. The molecule has 0 aliphatic rings. The number of ether oxygens (including phenoxy) is 1. The number of nitrogens with zero attached hydrogens (tertiary/aromatic N) is 2. The number of carbonyl (C=O) groups excluding carboxylic acids is 1. The quantitative estimate of drug-likeness (QED) is 0.717. The van der Waals surface area contributed by atoms with Gasteiger partial charge in [0.05, 0.1) is 6.54 Å². The van der Waals surface area contributed by atoms with Crippen molar-refractivity contribution in [1.29, 1.82) is 0 Å².